The van der Waals surface area contributed by atoms with Gasteiger partial charge in [0.2, 0.25) is 0 Å². The summed E-state index contributed by atoms with van der Waals surface area (Å²) in [7, 11) is 0. The quantitative estimate of drug-likeness (QED) is 0.385. The molecule has 1 aromatic carbocycles. The Hall–Kier alpha value is -1.52. The van der Waals surface area contributed by atoms with Crippen molar-refractivity contribution in [1.29, 1.82) is 5.41 Å². The van der Waals surface area contributed by atoms with Gasteiger partial charge in [0.15, 0.2) is 0 Å². The molecule has 0 aromatic heterocycles. The van der Waals surface area contributed by atoms with E-state index in [0.717, 1.165) is 0 Å². The van der Waals surface area contributed by atoms with Crippen molar-refractivity contribution >= 4 is 34.9 Å². The molecule has 6 heteroatoms. The summed E-state index contributed by atoms with van der Waals surface area (Å²) in [5, 5.41) is 18.2. The third kappa shape index (κ3) is 3.72. The Balaban J connectivity index is 3.26. The molecule has 0 bridgehead atoms. The maximum atomic E-state index is 11.7. The molecule has 0 atom stereocenters. The minimum atomic E-state index is -0.774. The maximum Gasteiger partial charge on any atom is 0.343 e. The van der Waals surface area contributed by atoms with Crippen LogP contribution in [0.25, 0.3) is 0 Å². The van der Waals surface area contributed by atoms with Gasteiger partial charge in [0.05, 0.1) is 17.3 Å². The SMILES string of the molecule is CCOC(=O)/C(C(=N)c1cc(Cl)ccc1Cl)=C(/C)O. The van der Waals surface area contributed by atoms with Crippen molar-refractivity contribution in [3.8, 4) is 0 Å². The normalized spacial score (nSPS) is 11.8. The summed E-state index contributed by atoms with van der Waals surface area (Å²) in [6.07, 6.45) is 0. The molecule has 0 fully saturated rings. The average molecular weight is 302 g/mol. The maximum absolute atomic E-state index is 11.7. The molecule has 1 aromatic rings. The Morgan fingerprint density at radius 3 is 2.58 bits per heavy atom. The van der Waals surface area contributed by atoms with Gasteiger partial charge in [0, 0.05) is 10.6 Å². The predicted octanol–water partition coefficient (Wildman–Crippen LogP) is 3.76. The second kappa shape index (κ2) is 6.59. The monoisotopic (exact) mass is 301 g/mol. The van der Waals surface area contributed by atoms with Gasteiger partial charge in [-0.15, -0.1) is 0 Å². The van der Waals surface area contributed by atoms with Crippen LogP contribution in [0.2, 0.25) is 10.0 Å². The highest BCUT2D eigenvalue weighted by molar-refractivity contribution is 6.38. The highest BCUT2D eigenvalue weighted by Gasteiger charge is 2.22. The molecule has 0 aliphatic carbocycles. The number of esters is 1. The zero-order valence-electron chi connectivity index (χ0n) is 10.5. The summed E-state index contributed by atoms with van der Waals surface area (Å²) in [5.74, 6) is -1.08. The molecule has 1 rings (SSSR count). The third-order valence-corrected chi connectivity index (χ3v) is 2.85. The van der Waals surface area contributed by atoms with E-state index in [0.29, 0.717) is 5.02 Å². The lowest BCUT2D eigenvalue weighted by Gasteiger charge is -2.11. The Morgan fingerprint density at radius 2 is 2.05 bits per heavy atom. The number of nitrogens with one attached hydrogen (secondary N) is 1. The molecule has 0 amide bonds. The van der Waals surface area contributed by atoms with E-state index in [1.165, 1.54) is 19.1 Å². The first kappa shape index (κ1) is 15.5. The molecule has 0 saturated carbocycles. The van der Waals surface area contributed by atoms with Crippen molar-refractivity contribution in [3.05, 3.63) is 45.1 Å². The van der Waals surface area contributed by atoms with Gasteiger partial charge in [-0.05, 0) is 32.0 Å². The van der Waals surface area contributed by atoms with Gasteiger partial charge in [0.25, 0.3) is 0 Å². The van der Waals surface area contributed by atoms with Gasteiger partial charge in [0.1, 0.15) is 11.3 Å². The first-order valence-electron chi connectivity index (χ1n) is 5.49. The first-order chi connectivity index (χ1) is 8.88. The first-order valence-corrected chi connectivity index (χ1v) is 6.25. The molecule has 0 spiro atoms. The van der Waals surface area contributed by atoms with E-state index in [-0.39, 0.29) is 34.2 Å². The number of benzene rings is 1. The fourth-order valence-corrected chi connectivity index (χ4v) is 1.84. The number of carbonyl (C=O) groups is 1. The minimum absolute atomic E-state index is 0.145. The van der Waals surface area contributed by atoms with E-state index in [4.69, 9.17) is 33.3 Å². The molecule has 0 saturated heterocycles. The molecule has 0 aliphatic heterocycles. The highest BCUT2D eigenvalue weighted by Crippen LogP contribution is 2.24. The molecule has 2 N–H and O–H groups in total. The van der Waals surface area contributed by atoms with Crippen molar-refractivity contribution in [2.75, 3.05) is 6.61 Å². The minimum Gasteiger partial charge on any atom is -0.512 e. The van der Waals surface area contributed by atoms with Crippen LogP contribution in [-0.2, 0) is 9.53 Å². The molecular weight excluding hydrogens is 289 g/mol. The Morgan fingerprint density at radius 1 is 1.42 bits per heavy atom. The topological polar surface area (TPSA) is 70.4 Å². The second-order valence-corrected chi connectivity index (χ2v) is 4.52. The van der Waals surface area contributed by atoms with E-state index in [9.17, 15) is 9.90 Å². The van der Waals surface area contributed by atoms with Crippen molar-refractivity contribution in [1.82, 2.24) is 0 Å². The van der Waals surface area contributed by atoms with Crippen LogP contribution in [-0.4, -0.2) is 23.4 Å². The molecule has 0 aliphatic rings. The molecule has 0 unspecified atom stereocenters. The number of hydrogen-bond donors (Lipinski definition) is 2. The van der Waals surface area contributed by atoms with Crippen molar-refractivity contribution < 1.29 is 14.6 Å². The lowest BCUT2D eigenvalue weighted by Crippen LogP contribution is -2.18. The van der Waals surface area contributed by atoms with Crippen LogP contribution >= 0.6 is 23.2 Å². The molecular formula is C13H13Cl2NO3. The Labute approximate surface area is 121 Å². The summed E-state index contributed by atoms with van der Waals surface area (Å²) in [6.45, 7) is 3.09. The second-order valence-electron chi connectivity index (χ2n) is 3.68. The average Bonchev–Trinajstić information content (AvgIpc) is 2.32. The van der Waals surface area contributed by atoms with Gasteiger partial charge in [-0.2, -0.15) is 0 Å². The standard InChI is InChI=1S/C13H13Cl2NO3/c1-3-19-13(18)11(7(2)17)12(16)9-6-8(14)4-5-10(9)15/h4-6,16-17H,3H2,1-2H3/b11-7-,16-12?. The lowest BCUT2D eigenvalue weighted by molar-refractivity contribution is -0.138. The van der Waals surface area contributed by atoms with E-state index in [1.807, 2.05) is 0 Å². The number of aliphatic hydroxyl groups is 1. The number of aliphatic hydroxyl groups excluding tert-OH is 1. The van der Waals surface area contributed by atoms with E-state index in [1.54, 1.807) is 13.0 Å². The van der Waals surface area contributed by atoms with Crippen LogP contribution in [0.15, 0.2) is 29.5 Å². The number of carbonyl (C=O) groups excluding carboxylic acids is 1. The zero-order chi connectivity index (χ0) is 14.6. The van der Waals surface area contributed by atoms with E-state index < -0.39 is 5.97 Å². The predicted molar refractivity (Wildman–Crippen MR) is 75.3 cm³/mol. The lowest BCUT2D eigenvalue weighted by atomic mass is 10.0. The summed E-state index contributed by atoms with van der Waals surface area (Å²) in [5.41, 5.74) is -0.206. The highest BCUT2D eigenvalue weighted by atomic mass is 35.5. The van der Waals surface area contributed by atoms with Gasteiger partial charge in [-0.1, -0.05) is 23.2 Å². The number of rotatable bonds is 4. The number of halogens is 2. The Kier molecular flexibility index (Phi) is 5.39. The van der Waals surface area contributed by atoms with Crippen LogP contribution in [0.1, 0.15) is 19.4 Å². The van der Waals surface area contributed by atoms with Crippen molar-refractivity contribution in [2.45, 2.75) is 13.8 Å². The van der Waals surface area contributed by atoms with E-state index in [2.05, 4.69) is 0 Å². The summed E-state index contributed by atoms with van der Waals surface area (Å²) in [6, 6.07) is 4.54. The van der Waals surface area contributed by atoms with Gasteiger partial charge >= 0.3 is 5.97 Å². The smallest absolute Gasteiger partial charge is 0.343 e. The van der Waals surface area contributed by atoms with Crippen molar-refractivity contribution in [3.63, 3.8) is 0 Å². The van der Waals surface area contributed by atoms with Gasteiger partial charge in [-0.3, -0.25) is 5.41 Å². The number of hydrogen-bond acceptors (Lipinski definition) is 4. The molecule has 0 heterocycles. The van der Waals surface area contributed by atoms with Crippen LogP contribution in [0.3, 0.4) is 0 Å². The van der Waals surface area contributed by atoms with Crippen LogP contribution in [0, 0.1) is 5.41 Å². The fourth-order valence-electron chi connectivity index (χ4n) is 1.46. The molecule has 4 nitrogen and oxygen atoms in total. The Bertz CT molecular complexity index is 549. The molecule has 102 valence electrons. The molecule has 0 radical (unpaired) electrons. The largest absolute Gasteiger partial charge is 0.512 e. The fraction of sp³-hybridized carbons (Fsp3) is 0.231. The number of allylic oxidation sites excluding steroid dienone is 1. The van der Waals surface area contributed by atoms with Crippen molar-refractivity contribution in [2.24, 2.45) is 0 Å². The molecule has 19 heavy (non-hydrogen) atoms. The zero-order valence-corrected chi connectivity index (χ0v) is 12.0. The number of ether oxygens (including phenoxy) is 1. The summed E-state index contributed by atoms with van der Waals surface area (Å²) in [4.78, 5) is 11.7. The van der Waals surface area contributed by atoms with Crippen LogP contribution in [0.4, 0.5) is 0 Å². The van der Waals surface area contributed by atoms with E-state index >= 15 is 0 Å². The van der Waals surface area contributed by atoms with Crippen LogP contribution in [0.5, 0.6) is 0 Å². The third-order valence-electron chi connectivity index (χ3n) is 2.29. The summed E-state index contributed by atoms with van der Waals surface area (Å²) >= 11 is 11.8. The van der Waals surface area contributed by atoms with Crippen LogP contribution < -0.4 is 0 Å². The summed E-state index contributed by atoms with van der Waals surface area (Å²) < 4.78 is 4.80. The van der Waals surface area contributed by atoms with Gasteiger partial charge < -0.3 is 9.84 Å². The van der Waals surface area contributed by atoms with Gasteiger partial charge in [-0.25, -0.2) is 4.79 Å².